The maximum absolute atomic E-state index is 11.4. The Morgan fingerprint density at radius 1 is 1.56 bits per heavy atom. The van der Waals surface area contributed by atoms with Crippen LogP contribution in [0.3, 0.4) is 0 Å². The lowest BCUT2D eigenvalue weighted by molar-refractivity contribution is -0.137. The monoisotopic (exact) mass is 255 g/mol. The van der Waals surface area contributed by atoms with Crippen molar-refractivity contribution in [1.82, 2.24) is 15.8 Å². The van der Waals surface area contributed by atoms with Crippen molar-refractivity contribution in [2.45, 2.75) is 38.8 Å². The Morgan fingerprint density at radius 2 is 2.33 bits per heavy atom. The molecule has 0 aliphatic heterocycles. The van der Waals surface area contributed by atoms with E-state index in [1.165, 1.54) is 6.20 Å². The van der Waals surface area contributed by atoms with Crippen LogP contribution in [0.25, 0.3) is 0 Å². The highest BCUT2D eigenvalue weighted by Crippen LogP contribution is 2.00. The van der Waals surface area contributed by atoms with E-state index in [2.05, 4.69) is 15.8 Å². The van der Waals surface area contributed by atoms with Crippen LogP contribution in [0.5, 0.6) is 0 Å². The van der Waals surface area contributed by atoms with Gasteiger partial charge in [-0.15, -0.1) is 0 Å². The van der Waals surface area contributed by atoms with Gasteiger partial charge in [-0.05, 0) is 19.8 Å². The average molecular weight is 255 g/mol. The number of aliphatic carboxylic acids is 1. The van der Waals surface area contributed by atoms with E-state index in [1.54, 1.807) is 6.07 Å². The molecule has 0 saturated carbocycles. The number of hydrogen-bond donors (Lipinski definition) is 3. The summed E-state index contributed by atoms with van der Waals surface area (Å²) in [5.74, 6) is -0.249. The second-order valence-corrected chi connectivity index (χ2v) is 3.99. The predicted octanol–water partition coefficient (Wildman–Crippen LogP) is 1.12. The summed E-state index contributed by atoms with van der Waals surface area (Å²) in [6, 6.07) is 1.28. The Bertz CT molecular complexity index is 378. The highest BCUT2D eigenvalue weighted by Gasteiger charge is 2.08. The molecule has 0 aliphatic carbocycles. The summed E-state index contributed by atoms with van der Waals surface area (Å²) >= 11 is 0. The largest absolute Gasteiger partial charge is 0.481 e. The van der Waals surface area contributed by atoms with Crippen LogP contribution in [0, 0.1) is 0 Å². The van der Waals surface area contributed by atoms with Crippen molar-refractivity contribution in [3.63, 3.8) is 0 Å². The summed E-state index contributed by atoms with van der Waals surface area (Å²) in [5, 5.41) is 17.3. The third-order valence-corrected chi connectivity index (χ3v) is 2.32. The fraction of sp³-hybridized carbons (Fsp3) is 0.545. The van der Waals surface area contributed by atoms with Gasteiger partial charge in [-0.3, -0.25) is 4.79 Å². The van der Waals surface area contributed by atoms with Crippen molar-refractivity contribution in [3.8, 4) is 0 Å². The van der Waals surface area contributed by atoms with Crippen LogP contribution < -0.4 is 10.6 Å². The molecule has 0 fully saturated rings. The van der Waals surface area contributed by atoms with Crippen LogP contribution in [-0.4, -0.2) is 28.3 Å². The summed E-state index contributed by atoms with van der Waals surface area (Å²) in [4.78, 5) is 21.8. The quantitative estimate of drug-likeness (QED) is 0.677. The van der Waals surface area contributed by atoms with Gasteiger partial charge in [0.25, 0.3) is 0 Å². The number of carboxylic acid groups (broad SMARTS) is 1. The highest BCUT2D eigenvalue weighted by molar-refractivity contribution is 5.74. The number of amides is 2. The standard InChI is InChI=1S/C11H17N3O4/c1-8(3-2-4-10(15)16)14-11(17)12-7-9-5-6-13-18-9/h5-6,8H,2-4,7H2,1H3,(H,15,16)(H2,12,14,17). The number of nitrogens with zero attached hydrogens (tertiary/aromatic N) is 1. The number of carbonyl (C=O) groups is 2. The first-order valence-electron chi connectivity index (χ1n) is 5.73. The maximum Gasteiger partial charge on any atom is 0.315 e. The Hall–Kier alpha value is -2.05. The van der Waals surface area contributed by atoms with E-state index in [1.807, 2.05) is 6.92 Å². The topological polar surface area (TPSA) is 104 Å². The van der Waals surface area contributed by atoms with Gasteiger partial charge in [0.15, 0.2) is 5.76 Å². The highest BCUT2D eigenvalue weighted by atomic mass is 16.5. The molecule has 0 bridgehead atoms. The van der Waals surface area contributed by atoms with E-state index in [0.717, 1.165) is 0 Å². The molecule has 1 aromatic rings. The van der Waals surface area contributed by atoms with E-state index in [4.69, 9.17) is 9.63 Å². The van der Waals surface area contributed by atoms with Crippen LogP contribution in [-0.2, 0) is 11.3 Å². The molecule has 0 aliphatic rings. The van der Waals surface area contributed by atoms with Crippen LogP contribution in [0.1, 0.15) is 31.9 Å². The third-order valence-electron chi connectivity index (χ3n) is 2.32. The normalized spacial score (nSPS) is 11.8. The molecule has 1 atom stereocenters. The lowest BCUT2D eigenvalue weighted by Gasteiger charge is -2.13. The molecule has 1 heterocycles. The molecular formula is C11H17N3O4. The number of urea groups is 1. The van der Waals surface area contributed by atoms with Crippen LogP contribution in [0.2, 0.25) is 0 Å². The smallest absolute Gasteiger partial charge is 0.315 e. The number of carboxylic acids is 1. The van der Waals surface area contributed by atoms with E-state index in [9.17, 15) is 9.59 Å². The van der Waals surface area contributed by atoms with Gasteiger partial charge < -0.3 is 20.3 Å². The van der Waals surface area contributed by atoms with Crippen molar-refractivity contribution in [2.24, 2.45) is 0 Å². The Morgan fingerprint density at radius 3 is 2.94 bits per heavy atom. The van der Waals surface area contributed by atoms with Gasteiger partial charge in [-0.2, -0.15) is 0 Å². The summed E-state index contributed by atoms with van der Waals surface area (Å²) < 4.78 is 4.82. The molecule has 0 radical (unpaired) electrons. The van der Waals surface area contributed by atoms with Gasteiger partial charge in [-0.25, -0.2) is 4.79 Å². The third kappa shape index (κ3) is 5.88. The molecule has 0 aromatic carbocycles. The SMILES string of the molecule is CC(CCCC(=O)O)NC(=O)NCc1ccno1. The minimum atomic E-state index is -0.822. The number of aromatic nitrogens is 1. The minimum absolute atomic E-state index is 0.0703. The fourth-order valence-electron chi connectivity index (χ4n) is 1.41. The van der Waals surface area contributed by atoms with Gasteiger partial charge in [-0.1, -0.05) is 5.16 Å². The van der Waals surface area contributed by atoms with Crippen LogP contribution >= 0.6 is 0 Å². The lowest BCUT2D eigenvalue weighted by atomic mass is 10.1. The maximum atomic E-state index is 11.4. The molecule has 1 rings (SSSR count). The Labute approximate surface area is 105 Å². The van der Waals surface area contributed by atoms with Crippen LogP contribution in [0.4, 0.5) is 4.79 Å². The van der Waals surface area contributed by atoms with Gasteiger partial charge in [0, 0.05) is 18.5 Å². The molecule has 7 nitrogen and oxygen atoms in total. The minimum Gasteiger partial charge on any atom is -0.481 e. The van der Waals surface area contributed by atoms with Crippen molar-refractivity contribution < 1.29 is 19.2 Å². The zero-order chi connectivity index (χ0) is 13.4. The molecular weight excluding hydrogens is 238 g/mol. The molecule has 1 aromatic heterocycles. The molecule has 7 heteroatoms. The van der Waals surface area contributed by atoms with Crippen molar-refractivity contribution >= 4 is 12.0 Å². The molecule has 1 unspecified atom stereocenters. The molecule has 0 spiro atoms. The Balaban J connectivity index is 2.13. The summed E-state index contributed by atoms with van der Waals surface area (Å²) in [6.07, 6.45) is 2.79. The van der Waals surface area contributed by atoms with Crippen molar-refractivity contribution in [1.29, 1.82) is 0 Å². The van der Waals surface area contributed by atoms with E-state index < -0.39 is 5.97 Å². The predicted molar refractivity (Wildman–Crippen MR) is 62.8 cm³/mol. The first kappa shape index (κ1) is 14.0. The summed E-state index contributed by atoms with van der Waals surface area (Å²) in [7, 11) is 0. The summed E-state index contributed by atoms with van der Waals surface area (Å²) in [6.45, 7) is 2.10. The molecule has 3 N–H and O–H groups in total. The first-order chi connectivity index (χ1) is 8.58. The number of carbonyl (C=O) groups excluding carboxylic acids is 1. The molecule has 100 valence electrons. The van der Waals surface area contributed by atoms with Crippen molar-refractivity contribution in [2.75, 3.05) is 0 Å². The molecule has 18 heavy (non-hydrogen) atoms. The van der Waals surface area contributed by atoms with Gasteiger partial charge in [0.05, 0.1) is 12.7 Å². The lowest BCUT2D eigenvalue weighted by Crippen LogP contribution is -2.40. The molecule has 2 amide bonds. The van der Waals surface area contributed by atoms with E-state index in [-0.39, 0.29) is 25.0 Å². The van der Waals surface area contributed by atoms with Gasteiger partial charge in [0.1, 0.15) is 0 Å². The first-order valence-corrected chi connectivity index (χ1v) is 5.73. The van der Waals surface area contributed by atoms with Crippen molar-refractivity contribution in [3.05, 3.63) is 18.0 Å². The summed E-state index contributed by atoms with van der Waals surface area (Å²) in [5.41, 5.74) is 0. The Kier molecular flexibility index (Phi) is 5.69. The van der Waals surface area contributed by atoms with Crippen LogP contribution in [0.15, 0.2) is 16.8 Å². The zero-order valence-corrected chi connectivity index (χ0v) is 10.2. The number of rotatable bonds is 7. The zero-order valence-electron chi connectivity index (χ0n) is 10.2. The second-order valence-electron chi connectivity index (χ2n) is 3.99. The average Bonchev–Trinajstić information content (AvgIpc) is 2.78. The number of hydrogen-bond acceptors (Lipinski definition) is 4. The molecule has 0 saturated heterocycles. The van der Waals surface area contributed by atoms with Gasteiger partial charge >= 0.3 is 12.0 Å². The van der Waals surface area contributed by atoms with E-state index in [0.29, 0.717) is 18.6 Å². The second kappa shape index (κ2) is 7.31. The number of nitrogens with one attached hydrogen (secondary N) is 2. The van der Waals surface area contributed by atoms with E-state index >= 15 is 0 Å². The van der Waals surface area contributed by atoms with Gasteiger partial charge in [0.2, 0.25) is 0 Å². The fourth-order valence-corrected chi connectivity index (χ4v) is 1.41.